The molecule has 1 rings (SSSR count). The highest BCUT2D eigenvalue weighted by Crippen LogP contribution is 2.19. The Bertz CT molecular complexity index is 491. The molecule has 0 radical (unpaired) electrons. The van der Waals surface area contributed by atoms with Crippen LogP contribution in [0.25, 0.3) is 0 Å². The normalized spacial score (nSPS) is 12.0. The summed E-state index contributed by atoms with van der Waals surface area (Å²) in [5.74, 6) is -1.30. The number of halogens is 1. The molecule has 1 unspecified atom stereocenters. The molecule has 0 saturated heterocycles. The van der Waals surface area contributed by atoms with Crippen molar-refractivity contribution in [3.05, 3.63) is 39.7 Å². The minimum Gasteiger partial charge on any atom is -0.336 e. The van der Waals surface area contributed by atoms with Gasteiger partial charge in [0.2, 0.25) is 5.82 Å². The molecular weight excluding hydrogens is 251 g/mol. The van der Waals surface area contributed by atoms with Gasteiger partial charge in [-0.3, -0.25) is 14.9 Å². The van der Waals surface area contributed by atoms with Crippen molar-refractivity contribution < 1.29 is 14.1 Å². The second-order valence-electron chi connectivity index (χ2n) is 4.27. The monoisotopic (exact) mass is 268 g/mol. The van der Waals surface area contributed by atoms with E-state index in [0.29, 0.717) is 6.54 Å². The van der Waals surface area contributed by atoms with Crippen LogP contribution in [0.5, 0.6) is 0 Å². The Morgan fingerprint density at radius 1 is 1.47 bits per heavy atom. The van der Waals surface area contributed by atoms with E-state index >= 15 is 0 Å². The van der Waals surface area contributed by atoms with E-state index in [1.807, 2.05) is 20.8 Å². The van der Waals surface area contributed by atoms with Crippen molar-refractivity contribution in [2.24, 2.45) is 0 Å². The number of rotatable bonds is 5. The summed E-state index contributed by atoms with van der Waals surface area (Å²) in [6.45, 7) is 6.21. The lowest BCUT2D eigenvalue weighted by Gasteiger charge is -2.27. The highest BCUT2D eigenvalue weighted by molar-refractivity contribution is 5.94. The summed E-state index contributed by atoms with van der Waals surface area (Å²) in [6, 6.07) is 3.27. The fourth-order valence-electron chi connectivity index (χ4n) is 1.83. The van der Waals surface area contributed by atoms with Crippen LogP contribution in [-0.4, -0.2) is 28.3 Å². The van der Waals surface area contributed by atoms with Crippen LogP contribution in [0.1, 0.15) is 37.6 Å². The van der Waals surface area contributed by atoms with Gasteiger partial charge in [-0.1, -0.05) is 6.92 Å². The number of nitro benzene ring substituents is 1. The fraction of sp³-hybridized carbons (Fsp3) is 0.462. The van der Waals surface area contributed by atoms with Gasteiger partial charge >= 0.3 is 5.69 Å². The van der Waals surface area contributed by atoms with Crippen LogP contribution in [-0.2, 0) is 0 Å². The summed E-state index contributed by atoms with van der Waals surface area (Å²) in [6.07, 6.45) is 0.787. The van der Waals surface area contributed by atoms with Crippen molar-refractivity contribution in [3.8, 4) is 0 Å². The summed E-state index contributed by atoms with van der Waals surface area (Å²) in [5.41, 5.74) is -0.492. The molecule has 5 nitrogen and oxygen atoms in total. The molecule has 1 aromatic carbocycles. The summed E-state index contributed by atoms with van der Waals surface area (Å²) < 4.78 is 13.5. The molecule has 104 valence electrons. The fourth-order valence-corrected chi connectivity index (χ4v) is 1.83. The Hall–Kier alpha value is -1.98. The van der Waals surface area contributed by atoms with Gasteiger partial charge in [0.25, 0.3) is 5.91 Å². The van der Waals surface area contributed by atoms with Gasteiger partial charge in [-0.25, -0.2) is 0 Å². The number of carbonyl (C=O) groups is 1. The molecule has 0 saturated carbocycles. The average molecular weight is 268 g/mol. The average Bonchev–Trinajstić information content (AvgIpc) is 2.38. The SMILES string of the molecule is CCC(C)N(CC)C(=O)c1ccc([N+](=O)[O-])c(F)c1. The second kappa shape index (κ2) is 6.26. The van der Waals surface area contributed by atoms with Crippen molar-refractivity contribution in [3.63, 3.8) is 0 Å². The van der Waals surface area contributed by atoms with Gasteiger partial charge in [0.1, 0.15) is 0 Å². The van der Waals surface area contributed by atoms with Crippen molar-refractivity contribution in [2.75, 3.05) is 6.54 Å². The van der Waals surface area contributed by atoms with Crippen LogP contribution >= 0.6 is 0 Å². The Morgan fingerprint density at radius 3 is 2.53 bits per heavy atom. The molecule has 0 spiro atoms. The first-order valence-corrected chi connectivity index (χ1v) is 6.17. The van der Waals surface area contributed by atoms with Gasteiger partial charge in [-0.05, 0) is 32.4 Å². The van der Waals surface area contributed by atoms with Gasteiger partial charge in [-0.15, -0.1) is 0 Å². The third-order valence-corrected chi connectivity index (χ3v) is 3.12. The summed E-state index contributed by atoms with van der Waals surface area (Å²) in [7, 11) is 0. The van der Waals surface area contributed by atoms with Crippen molar-refractivity contribution >= 4 is 11.6 Å². The summed E-state index contributed by atoms with van der Waals surface area (Å²) in [5, 5.41) is 10.5. The maximum atomic E-state index is 13.5. The standard InChI is InChI=1S/C13H17FN2O3/c1-4-9(3)15(5-2)13(17)10-6-7-12(16(18)19)11(14)8-10/h6-9H,4-5H2,1-3H3. The first kappa shape index (κ1) is 15.1. The summed E-state index contributed by atoms with van der Waals surface area (Å²) >= 11 is 0. The predicted octanol–water partition coefficient (Wildman–Crippen LogP) is 2.99. The lowest BCUT2D eigenvalue weighted by molar-refractivity contribution is -0.387. The second-order valence-corrected chi connectivity index (χ2v) is 4.27. The van der Waals surface area contributed by atoms with Crippen molar-refractivity contribution in [1.82, 2.24) is 4.90 Å². The third kappa shape index (κ3) is 3.27. The number of nitrogens with zero attached hydrogens (tertiary/aromatic N) is 2. The van der Waals surface area contributed by atoms with Crippen LogP contribution < -0.4 is 0 Å². The molecule has 0 N–H and O–H groups in total. The molecule has 0 aliphatic heterocycles. The van der Waals surface area contributed by atoms with Gasteiger partial charge in [0.15, 0.2) is 0 Å². The van der Waals surface area contributed by atoms with Crippen LogP contribution in [0, 0.1) is 15.9 Å². The lowest BCUT2D eigenvalue weighted by atomic mass is 10.1. The zero-order valence-electron chi connectivity index (χ0n) is 11.2. The molecule has 6 heteroatoms. The van der Waals surface area contributed by atoms with E-state index in [2.05, 4.69) is 0 Å². The van der Waals surface area contributed by atoms with Gasteiger partial charge in [0, 0.05) is 24.2 Å². The molecule has 1 atom stereocenters. The molecule has 0 bridgehead atoms. The van der Waals surface area contributed by atoms with Crippen molar-refractivity contribution in [1.29, 1.82) is 0 Å². The van der Waals surface area contributed by atoms with Crippen LogP contribution in [0.4, 0.5) is 10.1 Å². The Balaban J connectivity index is 3.06. The maximum Gasteiger partial charge on any atom is 0.304 e. The zero-order chi connectivity index (χ0) is 14.6. The van der Waals surface area contributed by atoms with E-state index in [-0.39, 0.29) is 17.5 Å². The minimum absolute atomic E-state index is 0.0377. The quantitative estimate of drug-likeness (QED) is 0.609. The Labute approximate surface area is 111 Å². The first-order chi connectivity index (χ1) is 8.92. The van der Waals surface area contributed by atoms with Crippen LogP contribution in [0.2, 0.25) is 0 Å². The van der Waals surface area contributed by atoms with E-state index in [0.717, 1.165) is 18.6 Å². The summed E-state index contributed by atoms with van der Waals surface area (Å²) in [4.78, 5) is 23.5. The number of hydrogen-bond donors (Lipinski definition) is 0. The molecule has 0 aliphatic carbocycles. The Morgan fingerprint density at radius 2 is 2.11 bits per heavy atom. The molecule has 0 aromatic heterocycles. The van der Waals surface area contributed by atoms with Gasteiger partial charge in [-0.2, -0.15) is 4.39 Å². The van der Waals surface area contributed by atoms with E-state index in [1.54, 1.807) is 4.90 Å². The molecule has 0 aliphatic rings. The number of benzene rings is 1. The van der Waals surface area contributed by atoms with E-state index in [1.165, 1.54) is 6.07 Å². The van der Waals surface area contributed by atoms with Crippen LogP contribution in [0.3, 0.4) is 0 Å². The molecule has 0 fully saturated rings. The zero-order valence-corrected chi connectivity index (χ0v) is 11.2. The maximum absolute atomic E-state index is 13.5. The Kier molecular flexibility index (Phi) is 4.97. The van der Waals surface area contributed by atoms with E-state index < -0.39 is 16.4 Å². The molecule has 1 aromatic rings. The molecular formula is C13H17FN2O3. The molecule has 1 amide bonds. The minimum atomic E-state index is -0.990. The number of hydrogen-bond acceptors (Lipinski definition) is 3. The number of nitro groups is 1. The third-order valence-electron chi connectivity index (χ3n) is 3.12. The predicted molar refractivity (Wildman–Crippen MR) is 69.5 cm³/mol. The molecule has 0 heterocycles. The topological polar surface area (TPSA) is 63.5 Å². The van der Waals surface area contributed by atoms with Gasteiger partial charge < -0.3 is 4.90 Å². The largest absolute Gasteiger partial charge is 0.336 e. The first-order valence-electron chi connectivity index (χ1n) is 6.17. The van der Waals surface area contributed by atoms with E-state index in [4.69, 9.17) is 0 Å². The van der Waals surface area contributed by atoms with E-state index in [9.17, 15) is 19.3 Å². The van der Waals surface area contributed by atoms with Crippen molar-refractivity contribution in [2.45, 2.75) is 33.2 Å². The highest BCUT2D eigenvalue weighted by atomic mass is 19.1. The smallest absolute Gasteiger partial charge is 0.304 e. The number of amides is 1. The molecule has 19 heavy (non-hydrogen) atoms. The van der Waals surface area contributed by atoms with Gasteiger partial charge in [0.05, 0.1) is 4.92 Å². The highest BCUT2D eigenvalue weighted by Gasteiger charge is 2.22. The lowest BCUT2D eigenvalue weighted by Crippen LogP contribution is -2.38. The number of carbonyl (C=O) groups excluding carboxylic acids is 1. The van der Waals surface area contributed by atoms with Crippen LogP contribution in [0.15, 0.2) is 18.2 Å².